The van der Waals surface area contributed by atoms with Gasteiger partial charge in [-0.05, 0) is 42.7 Å². The number of carbonyl (C=O) groups excluding carboxylic acids is 1. The van der Waals surface area contributed by atoms with E-state index in [4.69, 9.17) is 5.26 Å². The Hall–Kier alpha value is -4.83. The standard InChI is InChI=1S/C30H31F2N9O2/c31-21-5-8-25-34-16-24(41(25)18-21)28-36-29(35-22-2-1-11-40(19-22)26(43)9-10-33)27(32)30(37-28)39-14-12-38(13-15-39)17-20-3-6-23(42)7-4-20/h3-8,16,18,22,42H,1-2,9,11-15,17,19H2,(H,35,36,37)/t22-/m1/s1. The number of nitrogens with one attached hydrogen (secondary N) is 1. The summed E-state index contributed by atoms with van der Waals surface area (Å²) in [6.45, 7) is 3.95. The van der Waals surface area contributed by atoms with Crippen molar-refractivity contribution in [1.82, 2.24) is 29.2 Å². The van der Waals surface area contributed by atoms with E-state index in [1.165, 1.54) is 22.9 Å². The van der Waals surface area contributed by atoms with Gasteiger partial charge in [-0.25, -0.2) is 19.3 Å². The van der Waals surface area contributed by atoms with Gasteiger partial charge < -0.3 is 20.2 Å². The maximum absolute atomic E-state index is 16.2. The van der Waals surface area contributed by atoms with Crippen LogP contribution in [0.25, 0.3) is 17.2 Å². The number of benzene rings is 1. The molecule has 2 aliphatic heterocycles. The van der Waals surface area contributed by atoms with Crippen molar-refractivity contribution in [1.29, 1.82) is 5.26 Å². The van der Waals surface area contributed by atoms with Gasteiger partial charge in [-0.3, -0.25) is 14.1 Å². The molecule has 0 bridgehead atoms. The minimum Gasteiger partial charge on any atom is -0.508 e. The zero-order valence-corrected chi connectivity index (χ0v) is 23.5. The van der Waals surface area contributed by atoms with E-state index in [-0.39, 0.29) is 41.6 Å². The predicted molar refractivity (Wildman–Crippen MR) is 155 cm³/mol. The molecular formula is C30H31F2N9O2. The number of fused-ring (bicyclic) bond motifs is 1. The Bertz CT molecular complexity index is 1660. The summed E-state index contributed by atoms with van der Waals surface area (Å²) in [5.41, 5.74) is 1.99. The number of anilines is 2. The van der Waals surface area contributed by atoms with Gasteiger partial charge in [0.2, 0.25) is 11.7 Å². The molecule has 222 valence electrons. The molecule has 0 spiro atoms. The Labute approximate surface area is 247 Å². The molecule has 5 heterocycles. The quantitative estimate of drug-likeness (QED) is 0.335. The number of phenolic OH excluding ortho intramolecular Hbond substituents is 1. The van der Waals surface area contributed by atoms with Crippen LogP contribution in [0.5, 0.6) is 5.75 Å². The van der Waals surface area contributed by atoms with Gasteiger partial charge >= 0.3 is 0 Å². The third-order valence-electron chi connectivity index (χ3n) is 7.89. The van der Waals surface area contributed by atoms with Crippen LogP contribution in [-0.4, -0.2) is 85.5 Å². The van der Waals surface area contributed by atoms with E-state index >= 15 is 4.39 Å². The summed E-state index contributed by atoms with van der Waals surface area (Å²) in [6.07, 6.45) is 4.03. The molecule has 2 fully saturated rings. The first-order valence-electron chi connectivity index (χ1n) is 14.2. The fourth-order valence-corrected chi connectivity index (χ4v) is 5.65. The molecular weight excluding hydrogens is 556 g/mol. The Balaban J connectivity index is 1.28. The lowest BCUT2D eigenvalue weighted by molar-refractivity contribution is -0.131. The number of piperidine rings is 1. The van der Waals surface area contributed by atoms with E-state index in [2.05, 4.69) is 25.2 Å². The lowest BCUT2D eigenvalue weighted by atomic mass is 10.1. The minimum absolute atomic E-state index is 0.00235. The van der Waals surface area contributed by atoms with Crippen LogP contribution in [0, 0.1) is 23.0 Å². The van der Waals surface area contributed by atoms with Gasteiger partial charge in [-0.2, -0.15) is 9.65 Å². The SMILES string of the molecule is N#CCC(=O)N1CCC[C@@H](Nc2nc(-c3cnc4ccc(F)cn34)nc(N3CCN(Cc4ccc(O)cc4)CC3)c2F)C1. The van der Waals surface area contributed by atoms with Crippen LogP contribution in [0.4, 0.5) is 20.4 Å². The number of rotatable bonds is 7. The third-order valence-corrected chi connectivity index (χ3v) is 7.89. The fourth-order valence-electron chi connectivity index (χ4n) is 5.65. The molecule has 2 N–H and O–H groups in total. The maximum Gasteiger partial charge on any atom is 0.236 e. The first kappa shape index (κ1) is 28.3. The van der Waals surface area contributed by atoms with E-state index < -0.39 is 11.6 Å². The largest absolute Gasteiger partial charge is 0.508 e. The number of hydrogen-bond donors (Lipinski definition) is 2. The van der Waals surface area contributed by atoms with E-state index in [1.54, 1.807) is 23.1 Å². The van der Waals surface area contributed by atoms with Crippen molar-refractivity contribution < 1.29 is 18.7 Å². The van der Waals surface area contributed by atoms with Gasteiger partial charge in [0.25, 0.3) is 0 Å². The van der Waals surface area contributed by atoms with Crippen LogP contribution >= 0.6 is 0 Å². The lowest BCUT2D eigenvalue weighted by Crippen LogP contribution is -2.47. The number of phenols is 1. The molecule has 13 heteroatoms. The van der Waals surface area contributed by atoms with Crippen LogP contribution < -0.4 is 10.2 Å². The van der Waals surface area contributed by atoms with Crippen molar-refractivity contribution in [3.05, 3.63) is 66.0 Å². The normalized spacial score (nSPS) is 17.7. The highest BCUT2D eigenvalue weighted by Gasteiger charge is 2.29. The molecule has 0 unspecified atom stereocenters. The lowest BCUT2D eigenvalue weighted by Gasteiger charge is -2.36. The summed E-state index contributed by atoms with van der Waals surface area (Å²) in [5, 5.41) is 21.7. The van der Waals surface area contributed by atoms with Crippen LogP contribution in [-0.2, 0) is 11.3 Å². The smallest absolute Gasteiger partial charge is 0.236 e. The van der Waals surface area contributed by atoms with Crippen molar-refractivity contribution in [2.75, 3.05) is 49.5 Å². The molecule has 6 rings (SSSR count). The van der Waals surface area contributed by atoms with E-state index in [0.717, 1.165) is 5.56 Å². The van der Waals surface area contributed by atoms with Crippen molar-refractivity contribution >= 4 is 23.2 Å². The average molecular weight is 588 g/mol. The summed E-state index contributed by atoms with van der Waals surface area (Å²) >= 11 is 0. The average Bonchev–Trinajstić information content (AvgIpc) is 3.43. The van der Waals surface area contributed by atoms with Crippen LogP contribution in [0.3, 0.4) is 0 Å². The molecule has 43 heavy (non-hydrogen) atoms. The molecule has 2 aliphatic rings. The zero-order valence-electron chi connectivity index (χ0n) is 23.5. The van der Waals surface area contributed by atoms with Crippen LogP contribution in [0.15, 0.2) is 48.8 Å². The van der Waals surface area contributed by atoms with Crippen LogP contribution in [0.1, 0.15) is 24.8 Å². The van der Waals surface area contributed by atoms with Gasteiger partial charge in [0.1, 0.15) is 29.3 Å². The monoisotopic (exact) mass is 587 g/mol. The molecule has 11 nitrogen and oxygen atoms in total. The van der Waals surface area contributed by atoms with Crippen molar-refractivity contribution in [3.63, 3.8) is 0 Å². The number of nitrogens with zero attached hydrogens (tertiary/aromatic N) is 8. The van der Waals surface area contributed by atoms with E-state index in [9.17, 15) is 14.3 Å². The first-order chi connectivity index (χ1) is 20.9. The molecule has 2 saturated heterocycles. The summed E-state index contributed by atoms with van der Waals surface area (Å²) in [6, 6.07) is 11.6. The number of likely N-dealkylation sites (tertiary alicyclic amines) is 1. The number of imidazole rings is 1. The highest BCUT2D eigenvalue weighted by Crippen LogP contribution is 2.30. The second-order valence-electron chi connectivity index (χ2n) is 10.8. The Kier molecular flexibility index (Phi) is 8.02. The Morgan fingerprint density at radius 1 is 1.07 bits per heavy atom. The second-order valence-corrected chi connectivity index (χ2v) is 10.8. The molecule has 0 saturated carbocycles. The van der Waals surface area contributed by atoms with Crippen molar-refractivity contribution in [3.8, 4) is 23.3 Å². The Morgan fingerprint density at radius 3 is 2.63 bits per heavy atom. The van der Waals surface area contributed by atoms with Crippen molar-refractivity contribution in [2.24, 2.45) is 0 Å². The number of nitriles is 1. The highest BCUT2D eigenvalue weighted by molar-refractivity contribution is 5.78. The summed E-state index contributed by atoms with van der Waals surface area (Å²) in [4.78, 5) is 31.6. The van der Waals surface area contributed by atoms with Gasteiger partial charge in [-0.1, -0.05) is 12.1 Å². The van der Waals surface area contributed by atoms with E-state index in [0.29, 0.717) is 70.0 Å². The molecule has 0 radical (unpaired) electrons. The third kappa shape index (κ3) is 6.19. The summed E-state index contributed by atoms with van der Waals surface area (Å²) in [5.74, 6) is -0.767. The molecule has 4 aromatic rings. The summed E-state index contributed by atoms with van der Waals surface area (Å²) < 4.78 is 31.9. The number of hydrogen-bond acceptors (Lipinski definition) is 9. The molecule has 1 amide bonds. The van der Waals surface area contributed by atoms with Gasteiger partial charge in [0.15, 0.2) is 17.5 Å². The summed E-state index contributed by atoms with van der Waals surface area (Å²) in [7, 11) is 0. The second kappa shape index (κ2) is 12.2. The molecule has 3 aromatic heterocycles. The van der Waals surface area contributed by atoms with Gasteiger partial charge in [0, 0.05) is 58.1 Å². The Morgan fingerprint density at radius 2 is 1.86 bits per heavy atom. The van der Waals surface area contributed by atoms with Crippen LogP contribution in [0.2, 0.25) is 0 Å². The number of aromatic nitrogens is 4. The molecule has 1 aromatic carbocycles. The number of amides is 1. The number of piperazine rings is 1. The topological polar surface area (TPSA) is 126 Å². The van der Waals surface area contributed by atoms with E-state index in [1.807, 2.05) is 23.1 Å². The number of aromatic hydroxyl groups is 1. The zero-order chi connectivity index (χ0) is 29.9. The molecule has 0 aliphatic carbocycles. The number of halogens is 2. The minimum atomic E-state index is -0.601. The van der Waals surface area contributed by atoms with Gasteiger partial charge in [-0.15, -0.1) is 0 Å². The van der Waals surface area contributed by atoms with Gasteiger partial charge in [0.05, 0.1) is 12.3 Å². The molecule has 1 atom stereocenters. The van der Waals surface area contributed by atoms with Crippen molar-refractivity contribution in [2.45, 2.75) is 31.8 Å². The number of carbonyl (C=O) groups is 1. The maximum atomic E-state index is 16.2. The number of pyridine rings is 1. The highest BCUT2D eigenvalue weighted by atomic mass is 19.1. The fraction of sp³-hybridized carbons (Fsp3) is 0.367. The first-order valence-corrected chi connectivity index (χ1v) is 14.2. The predicted octanol–water partition coefficient (Wildman–Crippen LogP) is 3.41.